The Hall–Kier alpha value is -1.65. The third-order valence-electron chi connectivity index (χ3n) is 4.78. The Balaban J connectivity index is 1.95. The summed E-state index contributed by atoms with van der Waals surface area (Å²) in [5, 5.41) is 0. The summed E-state index contributed by atoms with van der Waals surface area (Å²) in [4.78, 5) is 4.71. The van der Waals surface area contributed by atoms with Crippen LogP contribution in [0.1, 0.15) is 43.3 Å². The number of benzene rings is 2. The Morgan fingerprint density at radius 3 is 2.00 bits per heavy atom. The van der Waals surface area contributed by atoms with Gasteiger partial charge in [-0.25, -0.2) is 0 Å². The van der Waals surface area contributed by atoms with Crippen LogP contribution in [0.4, 0.5) is 5.69 Å². The van der Waals surface area contributed by atoms with Crippen LogP contribution < -0.4 is 0 Å². The van der Waals surface area contributed by atoms with E-state index in [1.165, 1.54) is 11.3 Å². The zero-order valence-electron chi connectivity index (χ0n) is 16.3. The molecule has 0 spiro atoms. The second kappa shape index (κ2) is 7.76. The zero-order valence-corrected chi connectivity index (χ0v) is 19.5. The fourth-order valence-electron chi connectivity index (χ4n) is 3.14. The van der Waals surface area contributed by atoms with E-state index < -0.39 is 0 Å². The first-order valence-electron chi connectivity index (χ1n) is 8.96. The van der Waals surface area contributed by atoms with E-state index in [0.717, 1.165) is 31.6 Å². The van der Waals surface area contributed by atoms with Gasteiger partial charge in [-0.15, -0.1) is 0 Å². The van der Waals surface area contributed by atoms with Crippen LogP contribution in [0.3, 0.4) is 0 Å². The van der Waals surface area contributed by atoms with Gasteiger partial charge in [-0.05, 0) is 77.2 Å². The molecule has 3 aromatic rings. The summed E-state index contributed by atoms with van der Waals surface area (Å²) in [5.74, 6) is 0. The van der Waals surface area contributed by atoms with Gasteiger partial charge in [0.05, 0.1) is 5.69 Å². The highest BCUT2D eigenvalue weighted by Gasteiger charge is 2.16. The molecule has 0 amide bonds. The second-order valence-corrected chi connectivity index (χ2v) is 9.47. The molecular formula is C23H24Br2N2. The number of aromatic nitrogens is 1. The zero-order chi connectivity index (χ0) is 19.8. The molecule has 0 bridgehead atoms. The molecule has 2 aromatic carbocycles. The fourth-order valence-corrected chi connectivity index (χ4v) is 3.97. The van der Waals surface area contributed by atoms with Crippen molar-refractivity contribution in [1.82, 2.24) is 4.57 Å². The van der Waals surface area contributed by atoms with Crippen molar-refractivity contribution in [2.24, 2.45) is 4.99 Å². The topological polar surface area (TPSA) is 17.3 Å². The van der Waals surface area contributed by atoms with Gasteiger partial charge in [-0.1, -0.05) is 48.8 Å². The van der Waals surface area contributed by atoms with Crippen LogP contribution in [-0.2, 0) is 5.41 Å². The Labute approximate surface area is 178 Å². The van der Waals surface area contributed by atoms with Gasteiger partial charge < -0.3 is 4.57 Å². The van der Waals surface area contributed by atoms with Gasteiger partial charge in [0, 0.05) is 37.8 Å². The fraction of sp³-hybridized carbons (Fsp3) is 0.261. The molecule has 0 aliphatic carbocycles. The highest BCUT2D eigenvalue weighted by Crippen LogP contribution is 2.31. The van der Waals surface area contributed by atoms with E-state index in [4.69, 9.17) is 4.99 Å². The lowest BCUT2D eigenvalue weighted by atomic mass is 9.87. The lowest BCUT2D eigenvalue weighted by Gasteiger charge is -2.18. The average molecular weight is 488 g/mol. The van der Waals surface area contributed by atoms with E-state index in [2.05, 4.69) is 120 Å². The first-order chi connectivity index (χ1) is 12.7. The largest absolute Gasteiger partial charge is 0.317 e. The van der Waals surface area contributed by atoms with Gasteiger partial charge in [0.1, 0.15) is 0 Å². The van der Waals surface area contributed by atoms with E-state index in [9.17, 15) is 0 Å². The van der Waals surface area contributed by atoms with Crippen molar-refractivity contribution in [1.29, 1.82) is 0 Å². The third kappa shape index (κ3) is 4.27. The smallest absolute Gasteiger partial charge is 0.0630 e. The number of hydrogen-bond donors (Lipinski definition) is 0. The van der Waals surface area contributed by atoms with Gasteiger partial charge in [-0.3, -0.25) is 4.99 Å². The maximum absolute atomic E-state index is 4.71. The molecule has 0 aliphatic rings. The van der Waals surface area contributed by atoms with Crippen LogP contribution in [0.5, 0.6) is 0 Å². The molecule has 0 N–H and O–H groups in total. The first kappa shape index (κ1) is 20.1. The molecule has 3 rings (SSSR count). The van der Waals surface area contributed by atoms with Gasteiger partial charge >= 0.3 is 0 Å². The van der Waals surface area contributed by atoms with Crippen molar-refractivity contribution in [3.63, 3.8) is 0 Å². The average Bonchev–Trinajstić information content (AvgIpc) is 2.83. The molecular weight excluding hydrogens is 464 g/mol. The number of hydrogen-bond acceptors (Lipinski definition) is 1. The summed E-state index contributed by atoms with van der Waals surface area (Å²) in [6.45, 7) is 10.9. The summed E-state index contributed by atoms with van der Waals surface area (Å²) >= 11 is 7.26. The van der Waals surface area contributed by atoms with Crippen LogP contribution in [0, 0.1) is 13.8 Å². The third-order valence-corrected chi connectivity index (χ3v) is 6.31. The van der Waals surface area contributed by atoms with Crippen molar-refractivity contribution in [3.8, 4) is 5.69 Å². The summed E-state index contributed by atoms with van der Waals surface area (Å²) in [6.07, 6.45) is 1.95. The van der Waals surface area contributed by atoms with Crippen LogP contribution >= 0.6 is 31.9 Å². The van der Waals surface area contributed by atoms with Crippen molar-refractivity contribution in [2.45, 2.75) is 40.0 Å². The molecule has 0 saturated heterocycles. The summed E-state index contributed by atoms with van der Waals surface area (Å²) in [6, 6.07) is 16.8. The van der Waals surface area contributed by atoms with Crippen molar-refractivity contribution >= 4 is 43.8 Å². The predicted molar refractivity (Wildman–Crippen MR) is 123 cm³/mol. The minimum Gasteiger partial charge on any atom is -0.317 e. The monoisotopic (exact) mass is 486 g/mol. The van der Waals surface area contributed by atoms with Gasteiger partial charge in [0.15, 0.2) is 0 Å². The van der Waals surface area contributed by atoms with E-state index in [-0.39, 0.29) is 5.41 Å². The predicted octanol–water partition coefficient (Wildman–Crippen LogP) is 7.67. The van der Waals surface area contributed by atoms with Crippen LogP contribution in [0.2, 0.25) is 0 Å². The summed E-state index contributed by atoms with van der Waals surface area (Å²) in [7, 11) is 0. The minimum atomic E-state index is 0.154. The van der Waals surface area contributed by atoms with Crippen molar-refractivity contribution < 1.29 is 0 Å². The van der Waals surface area contributed by atoms with Crippen LogP contribution in [0.15, 0.2) is 62.5 Å². The lowest BCUT2D eigenvalue weighted by Crippen LogP contribution is -2.10. The molecule has 0 aliphatic heterocycles. The van der Waals surface area contributed by atoms with Crippen LogP contribution in [-0.4, -0.2) is 10.8 Å². The second-order valence-electron chi connectivity index (χ2n) is 7.77. The lowest BCUT2D eigenvalue weighted by molar-refractivity contribution is 0.590. The van der Waals surface area contributed by atoms with E-state index in [1.807, 2.05) is 6.21 Å². The number of halogens is 2. The number of rotatable bonds is 3. The Morgan fingerprint density at radius 1 is 0.852 bits per heavy atom. The first-order valence-corrected chi connectivity index (χ1v) is 10.5. The van der Waals surface area contributed by atoms with Gasteiger partial charge in [0.2, 0.25) is 0 Å². The Bertz CT molecular complexity index is 973. The number of nitrogens with zero attached hydrogens (tertiary/aromatic N) is 2. The van der Waals surface area contributed by atoms with Gasteiger partial charge in [-0.2, -0.15) is 0 Å². The SMILES string of the molecule is Cc1c(Br)c(C=Nc2ccc(C(C)(C)C)cc2)c(C)n1-c1ccc(Br)cc1. The molecule has 140 valence electrons. The maximum atomic E-state index is 4.71. The highest BCUT2D eigenvalue weighted by atomic mass is 79.9. The number of aliphatic imine (C=N–C) groups is 1. The molecule has 0 unspecified atom stereocenters. The Morgan fingerprint density at radius 2 is 1.44 bits per heavy atom. The highest BCUT2D eigenvalue weighted by molar-refractivity contribution is 9.10. The van der Waals surface area contributed by atoms with E-state index >= 15 is 0 Å². The standard InChI is InChI=1S/C23H24Br2N2/c1-15-21(14-26-19-10-6-17(7-11-19)23(3,4)5)22(25)16(2)27(15)20-12-8-18(24)9-13-20/h6-14H,1-5H3. The maximum Gasteiger partial charge on any atom is 0.0630 e. The molecule has 0 atom stereocenters. The van der Waals surface area contributed by atoms with Crippen molar-refractivity contribution in [2.75, 3.05) is 0 Å². The molecule has 1 aromatic heterocycles. The van der Waals surface area contributed by atoms with Crippen LogP contribution in [0.25, 0.3) is 5.69 Å². The minimum absolute atomic E-state index is 0.154. The molecule has 0 saturated carbocycles. The van der Waals surface area contributed by atoms with Gasteiger partial charge in [0.25, 0.3) is 0 Å². The molecule has 2 nitrogen and oxygen atoms in total. The Kier molecular flexibility index (Phi) is 5.78. The summed E-state index contributed by atoms with van der Waals surface area (Å²) in [5.41, 5.74) is 7.01. The normalized spacial score (nSPS) is 12.1. The quantitative estimate of drug-likeness (QED) is 0.337. The molecule has 27 heavy (non-hydrogen) atoms. The van der Waals surface area contributed by atoms with Crippen molar-refractivity contribution in [3.05, 3.63) is 80.0 Å². The molecule has 0 fully saturated rings. The molecule has 1 heterocycles. The van der Waals surface area contributed by atoms with E-state index in [0.29, 0.717) is 0 Å². The van der Waals surface area contributed by atoms with E-state index in [1.54, 1.807) is 0 Å². The molecule has 4 heteroatoms. The summed E-state index contributed by atoms with van der Waals surface area (Å²) < 4.78 is 4.41. The molecule has 0 radical (unpaired) electrons.